The fourth-order valence-electron chi connectivity index (χ4n) is 0.873. The van der Waals surface area contributed by atoms with E-state index in [9.17, 15) is 9.59 Å². The second-order valence-electron chi connectivity index (χ2n) is 3.33. The molecule has 100 valence electrons. The Morgan fingerprint density at radius 1 is 1.18 bits per heavy atom. The van der Waals surface area contributed by atoms with Crippen LogP contribution >= 0.6 is 0 Å². The highest BCUT2D eigenvalue weighted by molar-refractivity contribution is 5.89. The van der Waals surface area contributed by atoms with Crippen molar-refractivity contribution in [1.82, 2.24) is 0 Å². The average Bonchev–Trinajstić information content (AvgIpc) is 2.33. The number of carbonyl (C=O) groups excluding carboxylic acids is 2. The Bertz CT molecular complexity index is 241. The molecule has 0 aliphatic carbocycles. The Hall–Kier alpha value is -1.02. The Labute approximate surface area is 99.0 Å². The molecule has 0 aromatic carbocycles. The lowest BCUT2D eigenvalue weighted by Crippen LogP contribution is -2.36. The van der Waals surface area contributed by atoms with E-state index in [0.29, 0.717) is 6.42 Å². The van der Waals surface area contributed by atoms with Gasteiger partial charge in [0, 0.05) is 6.61 Å². The van der Waals surface area contributed by atoms with Gasteiger partial charge in [0.2, 0.25) is 0 Å². The van der Waals surface area contributed by atoms with Gasteiger partial charge >= 0.3 is 11.9 Å². The Kier molecular flexibility index (Phi) is 8.51. The molecule has 0 amide bonds. The van der Waals surface area contributed by atoms with E-state index in [2.05, 4.69) is 4.74 Å². The summed E-state index contributed by atoms with van der Waals surface area (Å²) in [6, 6.07) is 0. The molecule has 0 aliphatic rings. The third-order valence-electron chi connectivity index (χ3n) is 1.89. The SMILES string of the molecule is CCCCOC(CO)C(=O)OC(=O)C(O)CO. The normalized spacial score (nSPS) is 14.1. The molecule has 7 nitrogen and oxygen atoms in total. The zero-order valence-electron chi connectivity index (χ0n) is 9.66. The summed E-state index contributed by atoms with van der Waals surface area (Å²) in [4.78, 5) is 22.2. The molecule has 17 heavy (non-hydrogen) atoms. The monoisotopic (exact) mass is 250 g/mol. The first-order valence-corrected chi connectivity index (χ1v) is 5.33. The maximum Gasteiger partial charge on any atom is 0.345 e. The predicted molar refractivity (Wildman–Crippen MR) is 55.9 cm³/mol. The minimum atomic E-state index is -1.77. The molecule has 0 spiro atoms. The molecule has 0 fully saturated rings. The number of rotatable bonds is 8. The minimum Gasteiger partial charge on any atom is -0.393 e. The smallest absolute Gasteiger partial charge is 0.345 e. The summed E-state index contributed by atoms with van der Waals surface area (Å²) in [6.07, 6.45) is -1.46. The number of hydrogen-bond acceptors (Lipinski definition) is 7. The van der Waals surface area contributed by atoms with E-state index in [0.717, 1.165) is 6.42 Å². The molecule has 0 aliphatic heterocycles. The average molecular weight is 250 g/mol. The lowest BCUT2D eigenvalue weighted by atomic mass is 10.3. The van der Waals surface area contributed by atoms with Gasteiger partial charge in [-0.1, -0.05) is 13.3 Å². The van der Waals surface area contributed by atoms with Crippen molar-refractivity contribution in [3.05, 3.63) is 0 Å². The van der Waals surface area contributed by atoms with Crippen LogP contribution in [0.1, 0.15) is 19.8 Å². The predicted octanol–water partition coefficient (Wildman–Crippen LogP) is -1.41. The van der Waals surface area contributed by atoms with Crippen LogP contribution in [0.3, 0.4) is 0 Å². The first-order valence-electron chi connectivity index (χ1n) is 5.33. The fraction of sp³-hybridized carbons (Fsp3) is 0.800. The van der Waals surface area contributed by atoms with E-state index in [4.69, 9.17) is 20.1 Å². The highest BCUT2D eigenvalue weighted by Gasteiger charge is 2.25. The first-order chi connectivity index (χ1) is 8.06. The van der Waals surface area contributed by atoms with Crippen LogP contribution < -0.4 is 0 Å². The van der Waals surface area contributed by atoms with Crippen molar-refractivity contribution in [2.45, 2.75) is 32.0 Å². The third kappa shape index (κ3) is 6.32. The van der Waals surface area contributed by atoms with E-state index < -0.39 is 37.4 Å². The van der Waals surface area contributed by atoms with Crippen molar-refractivity contribution in [2.24, 2.45) is 0 Å². The molecule has 2 atom stereocenters. The summed E-state index contributed by atoms with van der Waals surface area (Å²) >= 11 is 0. The van der Waals surface area contributed by atoms with Gasteiger partial charge in [0.15, 0.2) is 12.2 Å². The van der Waals surface area contributed by atoms with E-state index >= 15 is 0 Å². The van der Waals surface area contributed by atoms with Gasteiger partial charge in [-0.25, -0.2) is 9.59 Å². The van der Waals surface area contributed by atoms with Crippen LogP contribution in [-0.4, -0.2) is 59.3 Å². The minimum absolute atomic E-state index is 0.258. The molecule has 0 bridgehead atoms. The molecule has 7 heteroatoms. The number of hydrogen-bond donors (Lipinski definition) is 3. The number of aliphatic hydroxyl groups excluding tert-OH is 3. The molecule has 0 heterocycles. The molecule has 2 unspecified atom stereocenters. The number of carbonyl (C=O) groups is 2. The second-order valence-corrected chi connectivity index (χ2v) is 3.33. The Morgan fingerprint density at radius 2 is 1.82 bits per heavy atom. The van der Waals surface area contributed by atoms with Gasteiger partial charge in [-0.3, -0.25) is 0 Å². The lowest BCUT2D eigenvalue weighted by Gasteiger charge is -2.14. The van der Waals surface area contributed by atoms with Crippen LogP contribution in [0.2, 0.25) is 0 Å². The lowest BCUT2D eigenvalue weighted by molar-refractivity contribution is -0.175. The molecule has 0 rings (SSSR count). The van der Waals surface area contributed by atoms with E-state index in [1.807, 2.05) is 6.92 Å². The zero-order chi connectivity index (χ0) is 13.3. The van der Waals surface area contributed by atoms with Crippen molar-refractivity contribution in [2.75, 3.05) is 19.8 Å². The van der Waals surface area contributed by atoms with Crippen molar-refractivity contribution in [1.29, 1.82) is 0 Å². The van der Waals surface area contributed by atoms with Gasteiger partial charge in [0.1, 0.15) is 0 Å². The molecular weight excluding hydrogens is 232 g/mol. The maximum absolute atomic E-state index is 11.3. The first kappa shape index (κ1) is 16.0. The fourth-order valence-corrected chi connectivity index (χ4v) is 0.873. The molecule has 0 radical (unpaired) electrons. The quantitative estimate of drug-likeness (QED) is 0.275. The molecule has 0 saturated carbocycles. The van der Waals surface area contributed by atoms with Crippen LogP contribution in [0, 0.1) is 0 Å². The zero-order valence-corrected chi connectivity index (χ0v) is 9.66. The highest BCUT2D eigenvalue weighted by atomic mass is 16.6. The summed E-state index contributed by atoms with van der Waals surface area (Å²) in [5.74, 6) is -2.35. The molecule has 0 saturated heterocycles. The maximum atomic E-state index is 11.3. The van der Waals surface area contributed by atoms with E-state index in [1.165, 1.54) is 0 Å². The van der Waals surface area contributed by atoms with Gasteiger partial charge in [-0.2, -0.15) is 0 Å². The molecule has 0 aromatic rings. The van der Waals surface area contributed by atoms with Gasteiger partial charge < -0.3 is 24.8 Å². The van der Waals surface area contributed by atoms with Gasteiger partial charge in [-0.05, 0) is 6.42 Å². The number of aliphatic hydroxyl groups is 3. The van der Waals surface area contributed by atoms with Crippen LogP contribution in [0.25, 0.3) is 0 Å². The highest BCUT2D eigenvalue weighted by Crippen LogP contribution is 2.00. The van der Waals surface area contributed by atoms with Crippen molar-refractivity contribution in [3.8, 4) is 0 Å². The largest absolute Gasteiger partial charge is 0.393 e. The topological polar surface area (TPSA) is 113 Å². The van der Waals surface area contributed by atoms with Gasteiger partial charge in [0.25, 0.3) is 0 Å². The standard InChI is InChI=1S/C10H18O7/c1-2-3-4-16-8(6-12)10(15)17-9(14)7(13)5-11/h7-8,11-13H,2-6H2,1H3. The Morgan fingerprint density at radius 3 is 2.29 bits per heavy atom. The van der Waals surface area contributed by atoms with Gasteiger partial charge in [0.05, 0.1) is 13.2 Å². The van der Waals surface area contributed by atoms with Crippen LogP contribution in [0.4, 0.5) is 0 Å². The Balaban J connectivity index is 4.11. The van der Waals surface area contributed by atoms with Crippen molar-refractivity contribution in [3.63, 3.8) is 0 Å². The van der Waals surface area contributed by atoms with Crippen molar-refractivity contribution >= 4 is 11.9 Å². The van der Waals surface area contributed by atoms with Crippen LogP contribution in [0.15, 0.2) is 0 Å². The third-order valence-corrected chi connectivity index (χ3v) is 1.89. The van der Waals surface area contributed by atoms with Gasteiger partial charge in [-0.15, -0.1) is 0 Å². The molecule has 3 N–H and O–H groups in total. The summed E-state index contributed by atoms with van der Waals surface area (Å²) in [6.45, 7) is 0.724. The summed E-state index contributed by atoms with van der Waals surface area (Å²) in [5, 5.41) is 26.2. The summed E-state index contributed by atoms with van der Waals surface area (Å²) in [7, 11) is 0. The van der Waals surface area contributed by atoms with Crippen molar-refractivity contribution < 1.29 is 34.4 Å². The molecule has 0 aromatic heterocycles. The summed E-state index contributed by atoms with van der Waals surface area (Å²) < 4.78 is 9.20. The number of esters is 2. The second kappa shape index (κ2) is 9.06. The van der Waals surface area contributed by atoms with E-state index in [-0.39, 0.29) is 6.61 Å². The number of ether oxygens (including phenoxy) is 2. The van der Waals surface area contributed by atoms with Crippen LogP contribution in [-0.2, 0) is 19.1 Å². The summed E-state index contributed by atoms with van der Waals surface area (Å²) in [5.41, 5.74) is 0. The van der Waals surface area contributed by atoms with E-state index in [1.54, 1.807) is 0 Å². The molecular formula is C10H18O7. The number of unbranched alkanes of at least 4 members (excludes halogenated alkanes) is 1. The van der Waals surface area contributed by atoms with Crippen LogP contribution in [0.5, 0.6) is 0 Å².